The average Bonchev–Trinajstić information content (AvgIpc) is 2.57. The van der Waals surface area contributed by atoms with Gasteiger partial charge in [0.25, 0.3) is 0 Å². The van der Waals surface area contributed by atoms with Gasteiger partial charge in [0.1, 0.15) is 11.5 Å². The highest BCUT2D eigenvalue weighted by Gasteiger charge is 2.25. The molecule has 0 aromatic heterocycles. The van der Waals surface area contributed by atoms with Gasteiger partial charge in [-0.05, 0) is 31.0 Å². The number of benzene rings is 1. The van der Waals surface area contributed by atoms with Crippen molar-refractivity contribution < 1.29 is 9.84 Å². The zero-order chi connectivity index (χ0) is 10.3. The quantitative estimate of drug-likeness (QED) is 0.690. The molecule has 74 valence electrons. The Morgan fingerprint density at radius 2 is 2.21 bits per heavy atom. The number of hydrogen-bond donors (Lipinski definition) is 1. The number of phenols is 1. The van der Waals surface area contributed by atoms with Crippen LogP contribution in [0.5, 0.6) is 11.5 Å². The summed E-state index contributed by atoms with van der Waals surface area (Å²) in [5, 5.41) is 9.69. The van der Waals surface area contributed by atoms with Crippen molar-refractivity contribution in [1.82, 2.24) is 0 Å². The van der Waals surface area contributed by atoms with Gasteiger partial charge in [-0.25, -0.2) is 0 Å². The maximum atomic E-state index is 9.69. The average molecular weight is 190 g/mol. The third-order valence-electron chi connectivity index (χ3n) is 2.93. The largest absolute Gasteiger partial charge is 0.508 e. The highest BCUT2D eigenvalue weighted by molar-refractivity contribution is 5.55. The monoisotopic (exact) mass is 190 g/mol. The molecule has 2 nitrogen and oxygen atoms in total. The van der Waals surface area contributed by atoms with Crippen molar-refractivity contribution in [2.24, 2.45) is 0 Å². The topological polar surface area (TPSA) is 29.5 Å². The fourth-order valence-corrected chi connectivity index (χ4v) is 1.82. The standard InChI is InChI=1S/C12H14O2/c1-4-9-6-14-12-8(3)7(2)11(13)5-10(9)12/h4-5,9,13H,1,6H2,2-3H3. The molecule has 0 aliphatic carbocycles. The Morgan fingerprint density at radius 3 is 2.86 bits per heavy atom. The van der Waals surface area contributed by atoms with E-state index in [1.807, 2.05) is 19.9 Å². The van der Waals surface area contributed by atoms with Gasteiger partial charge in [0.05, 0.1) is 6.61 Å². The van der Waals surface area contributed by atoms with Gasteiger partial charge in [0, 0.05) is 11.5 Å². The third kappa shape index (κ3) is 1.10. The van der Waals surface area contributed by atoms with Crippen LogP contribution in [0.4, 0.5) is 0 Å². The lowest BCUT2D eigenvalue weighted by Crippen LogP contribution is -1.95. The summed E-state index contributed by atoms with van der Waals surface area (Å²) >= 11 is 0. The SMILES string of the molecule is C=CC1COc2c1cc(O)c(C)c2C. The van der Waals surface area contributed by atoms with E-state index in [0.29, 0.717) is 12.4 Å². The molecule has 0 spiro atoms. The molecule has 0 radical (unpaired) electrons. The first-order valence-corrected chi connectivity index (χ1v) is 4.73. The summed E-state index contributed by atoms with van der Waals surface area (Å²) in [5.74, 6) is 1.49. The smallest absolute Gasteiger partial charge is 0.126 e. The molecule has 14 heavy (non-hydrogen) atoms. The van der Waals surface area contributed by atoms with Crippen LogP contribution in [0.2, 0.25) is 0 Å². The van der Waals surface area contributed by atoms with Crippen LogP contribution < -0.4 is 4.74 Å². The lowest BCUT2D eigenvalue weighted by Gasteiger charge is -2.09. The predicted octanol–water partition coefficient (Wildman–Crippen LogP) is 2.67. The van der Waals surface area contributed by atoms with Crippen LogP contribution >= 0.6 is 0 Å². The second kappa shape index (κ2) is 3.05. The predicted molar refractivity (Wildman–Crippen MR) is 56.0 cm³/mol. The summed E-state index contributed by atoms with van der Waals surface area (Å²) in [6, 6.07) is 1.79. The minimum Gasteiger partial charge on any atom is -0.508 e. The Balaban J connectivity index is 2.63. The Hall–Kier alpha value is -1.44. The van der Waals surface area contributed by atoms with E-state index < -0.39 is 0 Å². The lowest BCUT2D eigenvalue weighted by atomic mass is 9.96. The number of rotatable bonds is 1. The fraction of sp³-hybridized carbons (Fsp3) is 0.333. The van der Waals surface area contributed by atoms with Crippen molar-refractivity contribution in [1.29, 1.82) is 0 Å². The second-order valence-electron chi connectivity index (χ2n) is 3.72. The molecule has 2 rings (SSSR count). The zero-order valence-corrected chi connectivity index (χ0v) is 8.50. The van der Waals surface area contributed by atoms with Gasteiger partial charge in [-0.2, -0.15) is 0 Å². The van der Waals surface area contributed by atoms with E-state index >= 15 is 0 Å². The van der Waals surface area contributed by atoms with E-state index in [-0.39, 0.29) is 5.92 Å². The summed E-state index contributed by atoms with van der Waals surface area (Å²) < 4.78 is 5.59. The van der Waals surface area contributed by atoms with Crippen LogP contribution in [0.3, 0.4) is 0 Å². The molecule has 1 N–H and O–H groups in total. The molecule has 1 atom stereocenters. The molecule has 0 bridgehead atoms. The molecule has 1 heterocycles. The first-order valence-electron chi connectivity index (χ1n) is 4.73. The lowest BCUT2D eigenvalue weighted by molar-refractivity contribution is 0.343. The Bertz CT molecular complexity index is 394. The van der Waals surface area contributed by atoms with Gasteiger partial charge in [-0.3, -0.25) is 0 Å². The second-order valence-corrected chi connectivity index (χ2v) is 3.72. The molecule has 1 unspecified atom stereocenters. The molecular formula is C12H14O2. The highest BCUT2D eigenvalue weighted by atomic mass is 16.5. The van der Waals surface area contributed by atoms with Gasteiger partial charge in [0.2, 0.25) is 0 Å². The number of hydrogen-bond acceptors (Lipinski definition) is 2. The number of phenolic OH excluding ortho intramolecular Hbond substituents is 1. The summed E-state index contributed by atoms with van der Waals surface area (Å²) in [5.41, 5.74) is 2.98. The van der Waals surface area contributed by atoms with Crippen molar-refractivity contribution in [3.8, 4) is 11.5 Å². The minimum absolute atomic E-state index is 0.218. The van der Waals surface area contributed by atoms with E-state index in [4.69, 9.17) is 4.74 Å². The molecule has 1 aliphatic rings. The normalized spacial score (nSPS) is 18.9. The molecular weight excluding hydrogens is 176 g/mol. The molecule has 1 aromatic rings. The number of aromatic hydroxyl groups is 1. The van der Waals surface area contributed by atoms with Crippen molar-refractivity contribution in [2.45, 2.75) is 19.8 Å². The third-order valence-corrected chi connectivity index (χ3v) is 2.93. The van der Waals surface area contributed by atoms with Crippen LogP contribution in [0.25, 0.3) is 0 Å². The van der Waals surface area contributed by atoms with Gasteiger partial charge in [-0.1, -0.05) is 6.08 Å². The van der Waals surface area contributed by atoms with Gasteiger partial charge in [-0.15, -0.1) is 6.58 Å². The van der Waals surface area contributed by atoms with E-state index in [9.17, 15) is 5.11 Å². The van der Waals surface area contributed by atoms with Crippen molar-refractivity contribution in [2.75, 3.05) is 6.61 Å². The summed E-state index contributed by atoms with van der Waals surface area (Å²) in [4.78, 5) is 0. The highest BCUT2D eigenvalue weighted by Crippen LogP contribution is 2.41. The summed E-state index contributed by atoms with van der Waals surface area (Å²) in [7, 11) is 0. The summed E-state index contributed by atoms with van der Waals surface area (Å²) in [6.07, 6.45) is 1.86. The minimum atomic E-state index is 0.218. The molecule has 0 amide bonds. The van der Waals surface area contributed by atoms with Gasteiger partial charge >= 0.3 is 0 Å². The number of ether oxygens (including phenoxy) is 1. The van der Waals surface area contributed by atoms with E-state index in [0.717, 1.165) is 22.4 Å². The zero-order valence-electron chi connectivity index (χ0n) is 8.50. The first kappa shape index (κ1) is 9.13. The maximum absolute atomic E-state index is 9.69. The number of fused-ring (bicyclic) bond motifs is 1. The van der Waals surface area contributed by atoms with Crippen molar-refractivity contribution in [3.63, 3.8) is 0 Å². The van der Waals surface area contributed by atoms with E-state index in [2.05, 4.69) is 6.58 Å². The summed E-state index contributed by atoms with van der Waals surface area (Å²) in [6.45, 7) is 8.27. The van der Waals surface area contributed by atoms with E-state index in [1.54, 1.807) is 6.07 Å². The fourth-order valence-electron chi connectivity index (χ4n) is 1.82. The molecule has 0 saturated heterocycles. The molecule has 2 heteroatoms. The first-order chi connectivity index (χ1) is 6.65. The Kier molecular flexibility index (Phi) is 1.99. The van der Waals surface area contributed by atoms with Crippen LogP contribution in [-0.4, -0.2) is 11.7 Å². The maximum Gasteiger partial charge on any atom is 0.126 e. The van der Waals surface area contributed by atoms with Crippen molar-refractivity contribution in [3.05, 3.63) is 35.4 Å². The molecule has 0 fully saturated rings. The molecule has 1 aromatic carbocycles. The Labute approximate surface area is 83.8 Å². The van der Waals surface area contributed by atoms with Gasteiger partial charge in [0.15, 0.2) is 0 Å². The van der Waals surface area contributed by atoms with Crippen molar-refractivity contribution >= 4 is 0 Å². The van der Waals surface area contributed by atoms with E-state index in [1.165, 1.54) is 0 Å². The van der Waals surface area contributed by atoms with Crippen LogP contribution in [0.1, 0.15) is 22.6 Å². The van der Waals surface area contributed by atoms with Crippen LogP contribution in [0.15, 0.2) is 18.7 Å². The van der Waals surface area contributed by atoms with Crippen LogP contribution in [-0.2, 0) is 0 Å². The van der Waals surface area contributed by atoms with Gasteiger partial charge < -0.3 is 9.84 Å². The Morgan fingerprint density at radius 1 is 1.50 bits per heavy atom. The molecule has 1 aliphatic heterocycles. The van der Waals surface area contributed by atoms with Crippen LogP contribution in [0, 0.1) is 13.8 Å². The molecule has 0 saturated carbocycles.